The second-order valence-corrected chi connectivity index (χ2v) is 6.46. The van der Waals surface area contributed by atoms with Gasteiger partial charge in [0, 0.05) is 6.04 Å². The molecule has 1 unspecified atom stereocenters. The average Bonchev–Trinajstić information content (AvgIpc) is 2.93. The molecule has 2 aromatic carbocycles. The van der Waals surface area contributed by atoms with Gasteiger partial charge in [-0.05, 0) is 46.7 Å². The SMILES string of the molecule is CCCCCCCC(N)c1ccc2c3c(cccc13)CC2. The van der Waals surface area contributed by atoms with Crippen LogP contribution in [0.5, 0.6) is 0 Å². The van der Waals surface area contributed by atoms with Gasteiger partial charge in [-0.15, -0.1) is 0 Å². The Morgan fingerprint density at radius 1 is 0.952 bits per heavy atom. The molecular formula is C20H27N. The number of nitrogens with two attached hydrogens (primary N) is 1. The molecule has 0 fully saturated rings. The van der Waals surface area contributed by atoms with Crippen molar-refractivity contribution in [3.05, 3.63) is 47.0 Å². The zero-order chi connectivity index (χ0) is 14.7. The minimum absolute atomic E-state index is 0.191. The summed E-state index contributed by atoms with van der Waals surface area (Å²) in [4.78, 5) is 0. The maximum atomic E-state index is 6.50. The summed E-state index contributed by atoms with van der Waals surface area (Å²) in [5.74, 6) is 0. The van der Waals surface area contributed by atoms with Crippen LogP contribution in [0.2, 0.25) is 0 Å². The van der Waals surface area contributed by atoms with E-state index in [-0.39, 0.29) is 6.04 Å². The van der Waals surface area contributed by atoms with Crippen LogP contribution in [0.3, 0.4) is 0 Å². The first-order valence-corrected chi connectivity index (χ1v) is 8.60. The number of aryl methyl sites for hydroxylation is 2. The van der Waals surface area contributed by atoms with Gasteiger partial charge in [0.2, 0.25) is 0 Å². The van der Waals surface area contributed by atoms with E-state index in [0.29, 0.717) is 0 Å². The summed E-state index contributed by atoms with van der Waals surface area (Å²) < 4.78 is 0. The lowest BCUT2D eigenvalue weighted by atomic mass is 9.93. The molecule has 0 aliphatic heterocycles. The highest BCUT2D eigenvalue weighted by molar-refractivity contribution is 5.93. The maximum absolute atomic E-state index is 6.50. The van der Waals surface area contributed by atoms with Crippen LogP contribution in [0.15, 0.2) is 30.3 Å². The molecule has 0 saturated carbocycles. The van der Waals surface area contributed by atoms with Crippen LogP contribution in [0.1, 0.15) is 68.2 Å². The molecule has 1 heteroatoms. The number of hydrogen-bond donors (Lipinski definition) is 1. The summed E-state index contributed by atoms with van der Waals surface area (Å²) >= 11 is 0. The van der Waals surface area contributed by atoms with E-state index >= 15 is 0 Å². The molecule has 3 rings (SSSR count). The molecule has 1 aliphatic rings. The fraction of sp³-hybridized carbons (Fsp3) is 0.500. The van der Waals surface area contributed by atoms with E-state index < -0.39 is 0 Å². The largest absolute Gasteiger partial charge is 0.324 e. The minimum Gasteiger partial charge on any atom is -0.324 e. The van der Waals surface area contributed by atoms with E-state index in [9.17, 15) is 0 Å². The van der Waals surface area contributed by atoms with Crippen LogP contribution < -0.4 is 5.73 Å². The second-order valence-electron chi connectivity index (χ2n) is 6.46. The highest BCUT2D eigenvalue weighted by Crippen LogP contribution is 2.35. The molecule has 1 atom stereocenters. The molecule has 112 valence electrons. The maximum Gasteiger partial charge on any atom is 0.0301 e. The standard InChI is InChI=1S/C20H27N/c1-2-3-4-5-6-10-19(21)17-14-13-16-12-11-15-8-7-9-18(17)20(15)16/h7-9,13-14,19H,2-6,10-12,21H2,1H3. The quantitative estimate of drug-likeness (QED) is 0.685. The van der Waals surface area contributed by atoms with E-state index in [2.05, 4.69) is 37.3 Å². The molecule has 21 heavy (non-hydrogen) atoms. The van der Waals surface area contributed by atoms with Gasteiger partial charge in [0.1, 0.15) is 0 Å². The molecule has 0 spiro atoms. The van der Waals surface area contributed by atoms with Crippen molar-refractivity contribution in [2.24, 2.45) is 5.73 Å². The third kappa shape index (κ3) is 2.98. The van der Waals surface area contributed by atoms with Crippen molar-refractivity contribution in [1.29, 1.82) is 0 Å². The van der Waals surface area contributed by atoms with Crippen LogP contribution in [-0.2, 0) is 12.8 Å². The highest BCUT2D eigenvalue weighted by atomic mass is 14.6. The molecule has 0 saturated heterocycles. The molecule has 0 heterocycles. The van der Waals surface area contributed by atoms with Crippen molar-refractivity contribution in [1.82, 2.24) is 0 Å². The van der Waals surface area contributed by atoms with Crippen LogP contribution >= 0.6 is 0 Å². The first-order valence-electron chi connectivity index (χ1n) is 8.60. The Labute approximate surface area is 128 Å². The topological polar surface area (TPSA) is 26.0 Å². The van der Waals surface area contributed by atoms with Crippen LogP contribution in [-0.4, -0.2) is 0 Å². The summed E-state index contributed by atoms with van der Waals surface area (Å²) in [5.41, 5.74) is 10.9. The predicted molar refractivity (Wildman–Crippen MR) is 91.7 cm³/mol. The summed E-state index contributed by atoms with van der Waals surface area (Å²) in [6.07, 6.45) is 10.1. The molecule has 0 aromatic heterocycles. The number of hydrogen-bond acceptors (Lipinski definition) is 1. The van der Waals surface area contributed by atoms with Crippen LogP contribution in [0.4, 0.5) is 0 Å². The lowest BCUT2D eigenvalue weighted by molar-refractivity contribution is 0.557. The summed E-state index contributed by atoms with van der Waals surface area (Å²) in [6.45, 7) is 2.26. The Morgan fingerprint density at radius 3 is 2.52 bits per heavy atom. The Balaban J connectivity index is 1.75. The zero-order valence-electron chi connectivity index (χ0n) is 13.2. The number of unbranched alkanes of at least 4 members (excludes halogenated alkanes) is 4. The van der Waals surface area contributed by atoms with Crippen LogP contribution in [0, 0.1) is 0 Å². The number of benzene rings is 2. The van der Waals surface area contributed by atoms with E-state index in [0.717, 1.165) is 6.42 Å². The summed E-state index contributed by atoms with van der Waals surface area (Å²) in [7, 11) is 0. The van der Waals surface area contributed by atoms with E-state index in [1.807, 2.05) is 0 Å². The van der Waals surface area contributed by atoms with E-state index in [1.165, 1.54) is 72.4 Å². The predicted octanol–water partition coefficient (Wildman–Crippen LogP) is 5.30. The smallest absolute Gasteiger partial charge is 0.0301 e. The Bertz CT molecular complexity index is 604. The van der Waals surface area contributed by atoms with Gasteiger partial charge in [0.25, 0.3) is 0 Å². The van der Waals surface area contributed by atoms with Crippen LogP contribution in [0.25, 0.3) is 10.8 Å². The van der Waals surface area contributed by atoms with Crippen molar-refractivity contribution in [2.45, 2.75) is 64.3 Å². The van der Waals surface area contributed by atoms with Crippen molar-refractivity contribution in [3.63, 3.8) is 0 Å². The molecule has 1 aliphatic carbocycles. The molecule has 2 aromatic rings. The van der Waals surface area contributed by atoms with Crippen molar-refractivity contribution < 1.29 is 0 Å². The molecule has 0 amide bonds. The van der Waals surface area contributed by atoms with Gasteiger partial charge in [-0.3, -0.25) is 0 Å². The normalized spacial score (nSPS) is 14.8. The first kappa shape index (κ1) is 14.6. The Morgan fingerprint density at radius 2 is 1.71 bits per heavy atom. The second kappa shape index (κ2) is 6.62. The van der Waals surface area contributed by atoms with Gasteiger partial charge in [-0.2, -0.15) is 0 Å². The lowest BCUT2D eigenvalue weighted by Crippen LogP contribution is -2.10. The number of rotatable bonds is 7. The third-order valence-electron chi connectivity index (χ3n) is 4.93. The molecule has 0 bridgehead atoms. The van der Waals surface area contributed by atoms with Gasteiger partial charge < -0.3 is 5.73 Å². The average molecular weight is 281 g/mol. The van der Waals surface area contributed by atoms with E-state index in [4.69, 9.17) is 5.73 Å². The van der Waals surface area contributed by atoms with Crippen molar-refractivity contribution >= 4 is 10.8 Å². The van der Waals surface area contributed by atoms with E-state index in [1.54, 1.807) is 0 Å². The van der Waals surface area contributed by atoms with Gasteiger partial charge in [0.05, 0.1) is 0 Å². The minimum atomic E-state index is 0.191. The fourth-order valence-corrected chi connectivity index (χ4v) is 3.72. The monoisotopic (exact) mass is 281 g/mol. The summed E-state index contributed by atoms with van der Waals surface area (Å²) in [6, 6.07) is 11.5. The molecule has 2 N–H and O–H groups in total. The highest BCUT2D eigenvalue weighted by Gasteiger charge is 2.18. The van der Waals surface area contributed by atoms with Gasteiger partial charge in [-0.25, -0.2) is 0 Å². The lowest BCUT2D eigenvalue weighted by Gasteiger charge is -2.16. The van der Waals surface area contributed by atoms with Gasteiger partial charge >= 0.3 is 0 Å². The summed E-state index contributed by atoms with van der Waals surface area (Å²) in [5, 5.41) is 2.90. The van der Waals surface area contributed by atoms with Gasteiger partial charge in [-0.1, -0.05) is 69.4 Å². The third-order valence-corrected chi connectivity index (χ3v) is 4.93. The zero-order valence-corrected chi connectivity index (χ0v) is 13.2. The van der Waals surface area contributed by atoms with Crippen molar-refractivity contribution in [2.75, 3.05) is 0 Å². The molecular weight excluding hydrogens is 254 g/mol. The molecule has 0 radical (unpaired) electrons. The Kier molecular flexibility index (Phi) is 4.60. The first-order chi connectivity index (χ1) is 10.3. The Hall–Kier alpha value is -1.34. The van der Waals surface area contributed by atoms with Crippen molar-refractivity contribution in [3.8, 4) is 0 Å². The fourth-order valence-electron chi connectivity index (χ4n) is 3.72. The molecule has 1 nitrogen and oxygen atoms in total. The van der Waals surface area contributed by atoms with Gasteiger partial charge in [0.15, 0.2) is 0 Å².